The molecule has 28 heavy (non-hydrogen) atoms. The number of benzene rings is 2. The van der Waals surface area contributed by atoms with Gasteiger partial charge < -0.3 is 4.74 Å². The Morgan fingerprint density at radius 1 is 0.929 bits per heavy atom. The van der Waals surface area contributed by atoms with Crippen molar-refractivity contribution in [3.8, 4) is 5.75 Å². The molecule has 1 aliphatic heterocycles. The van der Waals surface area contributed by atoms with Crippen LogP contribution in [0.4, 0.5) is 5.69 Å². The molecule has 0 spiro atoms. The number of fused-ring (bicyclic) bond motifs is 5. The fourth-order valence-electron chi connectivity index (χ4n) is 5.12. The maximum atomic E-state index is 13.1. The van der Waals surface area contributed by atoms with Crippen LogP contribution in [-0.4, -0.2) is 17.8 Å². The summed E-state index contributed by atoms with van der Waals surface area (Å²) in [5, 5.41) is 0. The average Bonchev–Trinajstić information content (AvgIpc) is 3.37. The molecule has 6 heteroatoms. The maximum Gasteiger partial charge on any atom is 0.343 e. The van der Waals surface area contributed by atoms with E-state index in [-0.39, 0.29) is 29.4 Å². The highest BCUT2D eigenvalue weighted by Gasteiger charge is 2.61. The number of anilines is 1. The first-order chi connectivity index (χ1) is 13.5. The van der Waals surface area contributed by atoms with Crippen molar-refractivity contribution in [2.75, 3.05) is 4.90 Å². The highest BCUT2D eigenvalue weighted by atomic mass is 79.9. The van der Waals surface area contributed by atoms with Crippen LogP contribution in [0, 0.1) is 23.7 Å². The van der Waals surface area contributed by atoms with E-state index in [1.165, 1.54) is 4.90 Å². The molecule has 142 valence electrons. The Balaban J connectivity index is 1.46. The summed E-state index contributed by atoms with van der Waals surface area (Å²) in [4.78, 5) is 40.0. The Morgan fingerprint density at radius 3 is 2.18 bits per heavy atom. The number of amides is 2. The number of para-hydroxylation sites is 2. The van der Waals surface area contributed by atoms with Crippen LogP contribution in [-0.2, 0) is 9.59 Å². The van der Waals surface area contributed by atoms with Gasteiger partial charge in [-0.2, -0.15) is 0 Å². The largest absolute Gasteiger partial charge is 0.421 e. The maximum absolute atomic E-state index is 13.1. The summed E-state index contributed by atoms with van der Waals surface area (Å²) in [6, 6.07) is 13.6. The highest BCUT2D eigenvalue weighted by molar-refractivity contribution is 9.10. The molecule has 2 bridgehead atoms. The van der Waals surface area contributed by atoms with Crippen LogP contribution in [0.1, 0.15) is 29.6 Å². The zero-order chi connectivity index (χ0) is 19.4. The molecule has 0 aromatic heterocycles. The fraction of sp³-hybridized carbons (Fsp3) is 0.318. The van der Waals surface area contributed by atoms with Crippen molar-refractivity contribution in [1.82, 2.24) is 0 Å². The van der Waals surface area contributed by atoms with E-state index in [1.54, 1.807) is 48.5 Å². The number of halogens is 1. The van der Waals surface area contributed by atoms with Crippen molar-refractivity contribution in [3.05, 3.63) is 58.6 Å². The quantitative estimate of drug-likeness (QED) is 0.408. The number of nitrogens with zero attached hydrogens (tertiary/aromatic N) is 1. The Hall–Kier alpha value is -2.47. The number of rotatable bonds is 3. The van der Waals surface area contributed by atoms with Crippen LogP contribution in [0.2, 0.25) is 0 Å². The van der Waals surface area contributed by atoms with E-state index in [1.807, 2.05) is 0 Å². The van der Waals surface area contributed by atoms with Gasteiger partial charge in [0, 0.05) is 4.47 Å². The molecule has 1 heterocycles. The molecular formula is C22H18BrNO4. The lowest BCUT2D eigenvalue weighted by Crippen LogP contribution is -2.33. The van der Waals surface area contributed by atoms with Crippen molar-refractivity contribution >= 4 is 39.4 Å². The van der Waals surface area contributed by atoms with Crippen molar-refractivity contribution in [1.29, 1.82) is 0 Å². The van der Waals surface area contributed by atoms with Crippen molar-refractivity contribution in [2.45, 2.75) is 19.3 Å². The molecule has 2 aliphatic carbocycles. The third kappa shape index (κ3) is 2.62. The lowest BCUT2D eigenvalue weighted by Gasteiger charge is -2.20. The molecule has 2 saturated carbocycles. The zero-order valence-corrected chi connectivity index (χ0v) is 16.6. The lowest BCUT2D eigenvalue weighted by molar-refractivity contribution is -0.123. The Labute approximate surface area is 170 Å². The third-order valence-electron chi connectivity index (χ3n) is 6.32. The van der Waals surface area contributed by atoms with Gasteiger partial charge in [0.15, 0.2) is 5.75 Å². The summed E-state index contributed by atoms with van der Waals surface area (Å²) < 4.78 is 6.43. The summed E-state index contributed by atoms with van der Waals surface area (Å²) in [7, 11) is 0. The molecule has 4 atom stereocenters. The van der Waals surface area contributed by atoms with Gasteiger partial charge in [-0.3, -0.25) is 9.59 Å². The number of hydrogen-bond donors (Lipinski definition) is 0. The minimum absolute atomic E-state index is 0.144. The van der Waals surface area contributed by atoms with Gasteiger partial charge in [0.25, 0.3) is 0 Å². The van der Waals surface area contributed by atoms with Gasteiger partial charge in [-0.25, -0.2) is 9.69 Å². The van der Waals surface area contributed by atoms with Crippen LogP contribution in [0.5, 0.6) is 5.75 Å². The monoisotopic (exact) mass is 439 g/mol. The second-order valence-corrected chi connectivity index (χ2v) is 8.68. The number of imide groups is 1. The van der Waals surface area contributed by atoms with Gasteiger partial charge in [0.1, 0.15) is 0 Å². The normalized spacial score (nSPS) is 28.0. The highest BCUT2D eigenvalue weighted by Crippen LogP contribution is 2.57. The van der Waals surface area contributed by atoms with Crippen molar-refractivity contribution in [2.24, 2.45) is 23.7 Å². The molecule has 3 aliphatic rings. The molecule has 0 radical (unpaired) electrons. The SMILES string of the molecule is O=C(Oc1ccccc1N1C(=O)C2C3CCC(C3)C2C1=O)c1ccc(Br)cc1. The summed E-state index contributed by atoms with van der Waals surface area (Å²) in [5.41, 5.74) is 0.753. The van der Waals surface area contributed by atoms with E-state index in [9.17, 15) is 14.4 Å². The molecule has 3 fully saturated rings. The topological polar surface area (TPSA) is 63.7 Å². The molecule has 2 amide bonds. The summed E-state index contributed by atoms with van der Waals surface area (Å²) in [6.07, 6.45) is 3.04. The summed E-state index contributed by atoms with van der Waals surface area (Å²) in [5.74, 6) is -0.377. The van der Waals surface area contributed by atoms with Gasteiger partial charge in [-0.15, -0.1) is 0 Å². The van der Waals surface area contributed by atoms with Crippen LogP contribution in [0.15, 0.2) is 53.0 Å². The lowest BCUT2D eigenvalue weighted by atomic mass is 9.81. The van der Waals surface area contributed by atoms with E-state index in [4.69, 9.17) is 4.74 Å². The number of hydrogen-bond acceptors (Lipinski definition) is 4. The smallest absolute Gasteiger partial charge is 0.343 e. The molecule has 5 rings (SSSR count). The second-order valence-electron chi connectivity index (χ2n) is 7.76. The molecule has 2 aromatic carbocycles. The van der Waals surface area contributed by atoms with Gasteiger partial charge in [-0.1, -0.05) is 28.1 Å². The van der Waals surface area contributed by atoms with Crippen molar-refractivity contribution < 1.29 is 19.1 Å². The second kappa shape index (κ2) is 6.55. The first kappa shape index (κ1) is 17.6. The summed E-state index contributed by atoms with van der Waals surface area (Å²) >= 11 is 3.34. The Bertz CT molecular complexity index is 958. The molecular weight excluding hydrogens is 422 g/mol. The average molecular weight is 440 g/mol. The van der Waals surface area contributed by atoms with E-state index in [0.29, 0.717) is 23.1 Å². The van der Waals surface area contributed by atoms with Gasteiger partial charge in [-0.05, 0) is 67.5 Å². The van der Waals surface area contributed by atoms with E-state index < -0.39 is 5.97 Å². The molecule has 5 nitrogen and oxygen atoms in total. The van der Waals surface area contributed by atoms with Crippen molar-refractivity contribution in [3.63, 3.8) is 0 Å². The predicted molar refractivity (Wildman–Crippen MR) is 106 cm³/mol. The minimum atomic E-state index is -0.528. The van der Waals surface area contributed by atoms with Crippen LogP contribution >= 0.6 is 15.9 Å². The van der Waals surface area contributed by atoms with E-state index >= 15 is 0 Å². The zero-order valence-electron chi connectivity index (χ0n) is 15.0. The Kier molecular flexibility index (Phi) is 4.12. The van der Waals surface area contributed by atoms with E-state index in [0.717, 1.165) is 23.7 Å². The van der Waals surface area contributed by atoms with Gasteiger partial charge in [0.05, 0.1) is 23.1 Å². The Morgan fingerprint density at radius 2 is 1.54 bits per heavy atom. The fourth-order valence-corrected chi connectivity index (χ4v) is 5.38. The first-order valence-corrected chi connectivity index (χ1v) is 10.3. The van der Waals surface area contributed by atoms with Crippen LogP contribution < -0.4 is 9.64 Å². The molecule has 4 unspecified atom stereocenters. The molecule has 0 N–H and O–H groups in total. The number of carbonyl (C=O) groups is 3. The predicted octanol–water partition coefficient (Wildman–Crippen LogP) is 4.20. The number of ether oxygens (including phenoxy) is 1. The summed E-state index contributed by atoms with van der Waals surface area (Å²) in [6.45, 7) is 0. The standard InChI is InChI=1S/C22H18BrNO4/c23-15-9-7-12(8-10-15)22(27)28-17-4-2-1-3-16(17)24-20(25)18-13-5-6-14(11-13)19(18)21(24)26/h1-4,7-10,13-14,18-19H,5-6,11H2. The number of carbonyl (C=O) groups excluding carboxylic acids is 3. The molecule has 1 saturated heterocycles. The minimum Gasteiger partial charge on any atom is -0.421 e. The van der Waals surface area contributed by atoms with Gasteiger partial charge in [0.2, 0.25) is 11.8 Å². The van der Waals surface area contributed by atoms with E-state index in [2.05, 4.69) is 15.9 Å². The van der Waals surface area contributed by atoms with Crippen LogP contribution in [0.3, 0.4) is 0 Å². The third-order valence-corrected chi connectivity index (χ3v) is 6.84. The number of esters is 1. The molecule has 2 aromatic rings. The first-order valence-electron chi connectivity index (χ1n) is 9.49. The van der Waals surface area contributed by atoms with Crippen LogP contribution in [0.25, 0.3) is 0 Å². The van der Waals surface area contributed by atoms with Gasteiger partial charge >= 0.3 is 5.97 Å².